The first-order valence-corrected chi connectivity index (χ1v) is 8.11. The molecule has 1 amide bonds. The van der Waals surface area contributed by atoms with E-state index < -0.39 is 0 Å². The van der Waals surface area contributed by atoms with Crippen LogP contribution in [-0.4, -0.2) is 38.1 Å². The van der Waals surface area contributed by atoms with Gasteiger partial charge in [0.2, 0.25) is 5.91 Å². The average molecular weight is 330 g/mol. The minimum absolute atomic E-state index is 0.0746. The van der Waals surface area contributed by atoms with Crippen molar-refractivity contribution in [1.29, 1.82) is 0 Å². The molecule has 0 fully saturated rings. The van der Waals surface area contributed by atoms with Crippen molar-refractivity contribution in [3.8, 4) is 0 Å². The fraction of sp³-hybridized carbons (Fsp3) is 0.267. The number of hydrogen-bond donors (Lipinski definition) is 2. The summed E-state index contributed by atoms with van der Waals surface area (Å²) in [6, 6.07) is 5.79. The van der Waals surface area contributed by atoms with E-state index in [0.29, 0.717) is 6.67 Å². The molecule has 0 aliphatic carbocycles. The van der Waals surface area contributed by atoms with Gasteiger partial charge in [0.1, 0.15) is 12.5 Å². The Labute approximate surface area is 138 Å². The van der Waals surface area contributed by atoms with Crippen LogP contribution in [-0.2, 0) is 11.5 Å². The Bertz CT molecular complexity index is 714. The molecule has 0 bridgehead atoms. The molecule has 120 valence electrons. The second kappa shape index (κ2) is 6.74. The molecule has 0 radical (unpaired) electrons. The summed E-state index contributed by atoms with van der Waals surface area (Å²) in [5.74, 6) is 0.766. The second-order valence-electron chi connectivity index (χ2n) is 5.12. The molecule has 0 aromatic carbocycles. The van der Waals surface area contributed by atoms with Crippen LogP contribution < -0.4 is 10.6 Å². The number of rotatable bonds is 5. The summed E-state index contributed by atoms with van der Waals surface area (Å²) in [5.41, 5.74) is 2.17. The van der Waals surface area contributed by atoms with E-state index in [1.165, 1.54) is 6.92 Å². The third-order valence-electron chi connectivity index (χ3n) is 3.40. The van der Waals surface area contributed by atoms with Gasteiger partial charge in [0, 0.05) is 31.9 Å². The largest absolute Gasteiger partial charge is 0.345 e. The summed E-state index contributed by atoms with van der Waals surface area (Å²) in [7, 11) is 2.03. The molecule has 1 unspecified atom stereocenters. The van der Waals surface area contributed by atoms with Crippen molar-refractivity contribution in [2.24, 2.45) is 0 Å². The van der Waals surface area contributed by atoms with E-state index in [0.717, 1.165) is 17.1 Å². The minimum Gasteiger partial charge on any atom is -0.345 e. The smallest absolute Gasteiger partial charge is 0.218 e. The number of carbonyl (C=O) groups excluding carboxylic acids is 1. The molecule has 3 heterocycles. The average Bonchev–Trinajstić information content (AvgIpc) is 3.14. The Kier molecular flexibility index (Phi) is 4.52. The highest BCUT2D eigenvalue weighted by Gasteiger charge is 2.25. The van der Waals surface area contributed by atoms with E-state index in [9.17, 15) is 4.79 Å². The quantitative estimate of drug-likeness (QED) is 0.870. The Morgan fingerprint density at radius 3 is 3.04 bits per heavy atom. The number of aromatic nitrogens is 3. The van der Waals surface area contributed by atoms with Crippen LogP contribution in [0.4, 0.5) is 5.82 Å². The number of pyridine rings is 1. The number of thioether (sulfide) groups is 1. The lowest BCUT2D eigenvalue weighted by Gasteiger charge is -2.25. The van der Waals surface area contributed by atoms with Crippen molar-refractivity contribution in [1.82, 2.24) is 25.0 Å². The van der Waals surface area contributed by atoms with Gasteiger partial charge in [0.15, 0.2) is 5.50 Å². The zero-order valence-electron chi connectivity index (χ0n) is 12.9. The van der Waals surface area contributed by atoms with E-state index in [4.69, 9.17) is 0 Å². The molecule has 23 heavy (non-hydrogen) atoms. The molecule has 0 spiro atoms. The number of carbonyl (C=O) groups is 1. The Balaban J connectivity index is 1.64. The first-order valence-electron chi connectivity index (χ1n) is 7.17. The zero-order chi connectivity index (χ0) is 16.2. The number of nitrogens with one attached hydrogen (secondary N) is 2. The Morgan fingerprint density at radius 2 is 2.30 bits per heavy atom. The summed E-state index contributed by atoms with van der Waals surface area (Å²) in [6.45, 7) is 1.86. The van der Waals surface area contributed by atoms with E-state index in [1.54, 1.807) is 28.8 Å². The van der Waals surface area contributed by atoms with Crippen molar-refractivity contribution in [3.63, 3.8) is 0 Å². The molecule has 1 atom stereocenters. The molecule has 0 saturated heterocycles. The van der Waals surface area contributed by atoms with Crippen LogP contribution in [0.3, 0.4) is 0 Å². The molecule has 0 saturated carbocycles. The predicted octanol–water partition coefficient (Wildman–Crippen LogP) is 1.74. The lowest BCUT2D eigenvalue weighted by molar-refractivity contribution is -0.119. The lowest BCUT2D eigenvalue weighted by Crippen LogP contribution is -2.30. The fourth-order valence-electron chi connectivity index (χ4n) is 2.18. The monoisotopic (exact) mass is 330 g/mol. The third-order valence-corrected chi connectivity index (χ3v) is 4.45. The van der Waals surface area contributed by atoms with Gasteiger partial charge in [-0.05, 0) is 17.5 Å². The molecule has 1 aliphatic heterocycles. The topological polar surface area (TPSA) is 75.1 Å². The van der Waals surface area contributed by atoms with E-state index in [-0.39, 0.29) is 11.4 Å². The van der Waals surface area contributed by atoms with Crippen LogP contribution in [0.1, 0.15) is 12.5 Å². The van der Waals surface area contributed by atoms with Gasteiger partial charge in [0.05, 0.1) is 11.9 Å². The molecule has 2 aromatic heterocycles. The van der Waals surface area contributed by atoms with Crippen molar-refractivity contribution < 1.29 is 4.79 Å². The highest BCUT2D eigenvalue weighted by atomic mass is 32.2. The standard InChI is InChI=1S/C15H18N6OS/c1-11(22)17-10-21-8-12(7-18-21)13-9-23-15(20(13)2)19-14-5-3-4-6-16-14/h3-9,15H,10H2,1-2H3,(H,16,19)(H,17,22). The van der Waals surface area contributed by atoms with Crippen LogP contribution in [0, 0.1) is 0 Å². The van der Waals surface area contributed by atoms with Gasteiger partial charge >= 0.3 is 0 Å². The Morgan fingerprint density at radius 1 is 1.43 bits per heavy atom. The highest BCUT2D eigenvalue weighted by molar-refractivity contribution is 8.03. The van der Waals surface area contributed by atoms with Gasteiger partial charge < -0.3 is 15.5 Å². The van der Waals surface area contributed by atoms with Crippen LogP contribution in [0.25, 0.3) is 5.70 Å². The number of amides is 1. The third kappa shape index (κ3) is 3.65. The molecule has 2 N–H and O–H groups in total. The van der Waals surface area contributed by atoms with E-state index >= 15 is 0 Å². The van der Waals surface area contributed by atoms with E-state index in [1.807, 2.05) is 31.4 Å². The molecule has 8 heteroatoms. The predicted molar refractivity (Wildman–Crippen MR) is 91.0 cm³/mol. The maximum absolute atomic E-state index is 11.0. The SMILES string of the molecule is CC(=O)NCn1cc(C2=CSC(Nc3ccccn3)N2C)cn1. The lowest BCUT2D eigenvalue weighted by atomic mass is 10.2. The number of hydrogen-bond acceptors (Lipinski definition) is 6. The maximum Gasteiger partial charge on any atom is 0.218 e. The van der Waals surface area contributed by atoms with Gasteiger partial charge in [-0.1, -0.05) is 17.8 Å². The van der Waals surface area contributed by atoms with Gasteiger partial charge in [-0.3, -0.25) is 9.48 Å². The molecular weight excluding hydrogens is 312 g/mol. The van der Waals surface area contributed by atoms with Gasteiger partial charge in [-0.25, -0.2) is 4.98 Å². The van der Waals surface area contributed by atoms with E-state index in [2.05, 4.69) is 31.0 Å². The molecule has 1 aliphatic rings. The van der Waals surface area contributed by atoms with Gasteiger partial charge in [0.25, 0.3) is 0 Å². The van der Waals surface area contributed by atoms with Crippen molar-refractivity contribution in [2.75, 3.05) is 12.4 Å². The molecule has 7 nitrogen and oxygen atoms in total. The van der Waals surface area contributed by atoms with Crippen molar-refractivity contribution in [3.05, 3.63) is 47.8 Å². The Hall–Kier alpha value is -2.48. The summed E-state index contributed by atoms with van der Waals surface area (Å²) >= 11 is 1.68. The van der Waals surface area contributed by atoms with Gasteiger partial charge in [-0.15, -0.1) is 0 Å². The van der Waals surface area contributed by atoms with Crippen LogP contribution in [0.5, 0.6) is 0 Å². The summed E-state index contributed by atoms with van der Waals surface area (Å²) < 4.78 is 1.70. The number of anilines is 1. The van der Waals surface area contributed by atoms with Crippen LogP contribution in [0.2, 0.25) is 0 Å². The zero-order valence-corrected chi connectivity index (χ0v) is 13.7. The van der Waals surface area contributed by atoms with Crippen molar-refractivity contribution >= 4 is 29.2 Å². The molecular formula is C15H18N6OS. The molecule has 3 rings (SSSR count). The minimum atomic E-state index is -0.0746. The summed E-state index contributed by atoms with van der Waals surface area (Å²) in [4.78, 5) is 17.4. The second-order valence-corrected chi connectivity index (χ2v) is 6.08. The first-order chi connectivity index (χ1) is 11.1. The van der Waals surface area contributed by atoms with Gasteiger partial charge in [-0.2, -0.15) is 5.10 Å². The van der Waals surface area contributed by atoms with Crippen molar-refractivity contribution in [2.45, 2.75) is 19.1 Å². The van der Waals surface area contributed by atoms with Crippen LogP contribution >= 0.6 is 11.8 Å². The summed E-state index contributed by atoms with van der Waals surface area (Å²) in [5, 5.41) is 12.5. The maximum atomic E-state index is 11.0. The first kappa shape index (κ1) is 15.4. The highest BCUT2D eigenvalue weighted by Crippen LogP contribution is 2.35. The van der Waals surface area contributed by atoms with Crippen LogP contribution in [0.15, 0.2) is 42.2 Å². The molecule has 2 aromatic rings. The summed E-state index contributed by atoms with van der Waals surface area (Å²) in [6.07, 6.45) is 5.48. The number of nitrogens with zero attached hydrogens (tertiary/aromatic N) is 4. The fourth-order valence-corrected chi connectivity index (χ4v) is 3.23. The normalized spacial score (nSPS) is 17.0.